The molecule has 3 aromatic rings. The maximum absolute atomic E-state index is 11.6. The van der Waals surface area contributed by atoms with Crippen molar-refractivity contribution in [1.29, 1.82) is 0 Å². The molecule has 1 saturated heterocycles. The Morgan fingerprint density at radius 1 is 1.23 bits per heavy atom. The zero-order valence-electron chi connectivity index (χ0n) is 17.0. The number of primary sulfonamides is 1. The highest BCUT2D eigenvalue weighted by Gasteiger charge is 2.18. The van der Waals surface area contributed by atoms with Crippen LogP contribution in [0.4, 0.5) is 5.82 Å². The minimum atomic E-state index is -3.74. The molecular weight excluding hydrogens is 422 g/mol. The van der Waals surface area contributed by atoms with E-state index < -0.39 is 10.0 Å². The number of nitrogens with two attached hydrogens (primary N) is 1. The lowest BCUT2D eigenvalue weighted by molar-refractivity contribution is 0.0331. The second-order valence-electron chi connectivity index (χ2n) is 7.39. The predicted octanol–water partition coefficient (Wildman–Crippen LogP) is 2.40. The van der Waals surface area contributed by atoms with Crippen LogP contribution in [0.25, 0.3) is 10.2 Å². The van der Waals surface area contributed by atoms with Crippen molar-refractivity contribution in [2.24, 2.45) is 5.14 Å². The summed E-state index contributed by atoms with van der Waals surface area (Å²) in [6.07, 6.45) is 0. The van der Waals surface area contributed by atoms with Crippen molar-refractivity contribution in [1.82, 2.24) is 14.9 Å². The van der Waals surface area contributed by atoms with E-state index in [9.17, 15) is 8.42 Å². The van der Waals surface area contributed by atoms with Crippen molar-refractivity contribution < 1.29 is 13.2 Å². The van der Waals surface area contributed by atoms with Gasteiger partial charge in [0, 0.05) is 24.5 Å². The Morgan fingerprint density at radius 2 is 2.00 bits per heavy atom. The number of hydrogen-bond donors (Lipinski definition) is 2. The summed E-state index contributed by atoms with van der Waals surface area (Å²) in [6, 6.07) is 6.63. The third-order valence-corrected chi connectivity index (χ3v) is 7.24. The number of ether oxygens (including phenoxy) is 1. The van der Waals surface area contributed by atoms with E-state index in [1.54, 1.807) is 23.5 Å². The van der Waals surface area contributed by atoms with Gasteiger partial charge in [-0.3, -0.25) is 4.90 Å². The number of hydrogen-bond acceptors (Lipinski definition) is 8. The normalized spacial score (nSPS) is 15.6. The molecule has 3 heterocycles. The fraction of sp³-hybridized carbons (Fsp3) is 0.400. The van der Waals surface area contributed by atoms with E-state index in [4.69, 9.17) is 19.8 Å². The van der Waals surface area contributed by atoms with Gasteiger partial charge in [0.25, 0.3) is 0 Å². The molecule has 8 nitrogen and oxygen atoms in total. The molecule has 160 valence electrons. The fourth-order valence-corrected chi connectivity index (χ4v) is 5.10. The molecule has 0 atom stereocenters. The number of nitrogens with zero attached hydrogens (tertiary/aromatic N) is 3. The molecule has 0 amide bonds. The Bertz CT molecular complexity index is 1170. The number of nitrogens with one attached hydrogen (secondary N) is 1. The van der Waals surface area contributed by atoms with Crippen molar-refractivity contribution in [3.8, 4) is 0 Å². The van der Waals surface area contributed by atoms with Crippen LogP contribution < -0.4 is 10.5 Å². The van der Waals surface area contributed by atoms with Crippen LogP contribution in [0.3, 0.4) is 0 Å². The first-order valence-electron chi connectivity index (χ1n) is 9.73. The zero-order valence-corrected chi connectivity index (χ0v) is 18.6. The summed E-state index contributed by atoms with van der Waals surface area (Å²) in [5.74, 6) is 1.54. The highest BCUT2D eigenvalue weighted by Crippen LogP contribution is 2.33. The zero-order chi connectivity index (χ0) is 21.3. The molecule has 1 fully saturated rings. The average Bonchev–Trinajstić information content (AvgIpc) is 3.00. The van der Waals surface area contributed by atoms with Gasteiger partial charge in [0.05, 0.1) is 30.0 Å². The van der Waals surface area contributed by atoms with E-state index in [0.29, 0.717) is 13.1 Å². The number of aromatic nitrogens is 2. The van der Waals surface area contributed by atoms with E-state index >= 15 is 0 Å². The lowest BCUT2D eigenvalue weighted by Gasteiger charge is -2.25. The first-order valence-corrected chi connectivity index (χ1v) is 12.1. The van der Waals surface area contributed by atoms with Gasteiger partial charge >= 0.3 is 0 Å². The molecule has 30 heavy (non-hydrogen) atoms. The van der Waals surface area contributed by atoms with Crippen LogP contribution in [0.5, 0.6) is 0 Å². The van der Waals surface area contributed by atoms with Gasteiger partial charge in [0.15, 0.2) is 0 Å². The second kappa shape index (κ2) is 8.56. The number of rotatable bonds is 6. The number of benzene rings is 1. The van der Waals surface area contributed by atoms with E-state index in [0.717, 1.165) is 59.3 Å². The second-order valence-corrected chi connectivity index (χ2v) is 10.2. The van der Waals surface area contributed by atoms with Crippen molar-refractivity contribution in [3.63, 3.8) is 0 Å². The molecule has 10 heteroatoms. The standard InChI is InChI=1S/C20H25N5O3S2/c1-13-14(2)29-20-18(13)19(23-17(24-20)12-25-6-8-28-9-7-25)22-11-15-4-3-5-16(10-15)30(21,26)27/h3-5,10H,6-9,11-12H2,1-2H3,(H2,21,26,27)(H,22,23,24). The van der Waals surface area contributed by atoms with Gasteiger partial charge in [-0.15, -0.1) is 11.3 Å². The molecule has 4 rings (SSSR count). The maximum atomic E-state index is 11.6. The van der Waals surface area contributed by atoms with Crippen LogP contribution in [-0.4, -0.2) is 49.6 Å². The Morgan fingerprint density at radius 3 is 2.73 bits per heavy atom. The lowest BCUT2D eigenvalue weighted by Crippen LogP contribution is -2.36. The van der Waals surface area contributed by atoms with Gasteiger partial charge in [0.2, 0.25) is 10.0 Å². The largest absolute Gasteiger partial charge is 0.379 e. The number of sulfonamides is 1. The van der Waals surface area contributed by atoms with Crippen LogP contribution in [0, 0.1) is 13.8 Å². The number of morpholine rings is 1. The van der Waals surface area contributed by atoms with E-state index in [1.165, 1.54) is 10.9 Å². The molecular formula is C20H25N5O3S2. The minimum absolute atomic E-state index is 0.102. The molecule has 0 radical (unpaired) electrons. The summed E-state index contributed by atoms with van der Waals surface area (Å²) in [6.45, 7) is 8.45. The molecule has 3 N–H and O–H groups in total. The molecule has 0 bridgehead atoms. The van der Waals surface area contributed by atoms with Crippen LogP contribution >= 0.6 is 11.3 Å². The van der Waals surface area contributed by atoms with E-state index in [-0.39, 0.29) is 4.90 Å². The summed E-state index contributed by atoms with van der Waals surface area (Å²) < 4.78 is 28.7. The third kappa shape index (κ3) is 4.62. The first-order chi connectivity index (χ1) is 14.3. The number of aryl methyl sites for hydroxylation is 2. The van der Waals surface area contributed by atoms with Gasteiger partial charge in [-0.1, -0.05) is 12.1 Å². The number of fused-ring (bicyclic) bond motifs is 1. The summed E-state index contributed by atoms with van der Waals surface area (Å²) in [4.78, 5) is 14.2. The Labute approximate surface area is 180 Å². The molecule has 0 aliphatic carbocycles. The molecule has 0 spiro atoms. The fourth-order valence-electron chi connectivity index (χ4n) is 3.47. The maximum Gasteiger partial charge on any atom is 0.238 e. The Hall–Kier alpha value is -2.11. The first kappa shape index (κ1) is 21.1. The minimum Gasteiger partial charge on any atom is -0.379 e. The van der Waals surface area contributed by atoms with Crippen molar-refractivity contribution in [2.45, 2.75) is 31.8 Å². The Balaban J connectivity index is 1.63. The lowest BCUT2D eigenvalue weighted by atomic mass is 10.2. The Kier molecular flexibility index (Phi) is 6.03. The van der Waals surface area contributed by atoms with E-state index in [1.807, 2.05) is 6.07 Å². The van der Waals surface area contributed by atoms with Gasteiger partial charge < -0.3 is 10.1 Å². The molecule has 0 saturated carbocycles. The topological polar surface area (TPSA) is 110 Å². The molecule has 0 unspecified atom stereocenters. The SMILES string of the molecule is Cc1sc2nc(CN3CCOCC3)nc(NCc3cccc(S(N)(=O)=O)c3)c2c1C. The van der Waals surface area contributed by atoms with Crippen LogP contribution in [0.1, 0.15) is 21.8 Å². The van der Waals surface area contributed by atoms with Gasteiger partial charge in [0.1, 0.15) is 16.5 Å². The van der Waals surface area contributed by atoms with Crippen molar-refractivity contribution >= 4 is 37.4 Å². The van der Waals surface area contributed by atoms with Crippen LogP contribution in [0.15, 0.2) is 29.2 Å². The van der Waals surface area contributed by atoms with Crippen LogP contribution in [-0.2, 0) is 27.8 Å². The predicted molar refractivity (Wildman–Crippen MR) is 118 cm³/mol. The smallest absolute Gasteiger partial charge is 0.238 e. The number of anilines is 1. The quantitative estimate of drug-likeness (QED) is 0.597. The van der Waals surface area contributed by atoms with Crippen molar-refractivity contribution in [3.05, 3.63) is 46.1 Å². The molecule has 1 aliphatic heterocycles. The van der Waals surface area contributed by atoms with Gasteiger partial charge in [-0.05, 0) is 37.1 Å². The van der Waals surface area contributed by atoms with Crippen molar-refractivity contribution in [2.75, 3.05) is 31.6 Å². The monoisotopic (exact) mass is 447 g/mol. The molecule has 2 aromatic heterocycles. The number of thiophene rings is 1. The summed E-state index contributed by atoms with van der Waals surface area (Å²) in [5, 5.41) is 9.67. The third-order valence-electron chi connectivity index (χ3n) is 5.23. The average molecular weight is 448 g/mol. The summed E-state index contributed by atoms with van der Waals surface area (Å²) in [7, 11) is -3.74. The highest BCUT2D eigenvalue weighted by molar-refractivity contribution is 7.89. The summed E-state index contributed by atoms with van der Waals surface area (Å²) >= 11 is 1.67. The van der Waals surface area contributed by atoms with Gasteiger partial charge in [-0.25, -0.2) is 23.5 Å². The highest BCUT2D eigenvalue weighted by atomic mass is 32.2. The van der Waals surface area contributed by atoms with Gasteiger partial charge in [-0.2, -0.15) is 0 Å². The van der Waals surface area contributed by atoms with E-state index in [2.05, 4.69) is 24.1 Å². The molecule has 1 aromatic carbocycles. The summed E-state index contributed by atoms with van der Waals surface area (Å²) in [5.41, 5.74) is 1.97. The van der Waals surface area contributed by atoms with Crippen LogP contribution in [0.2, 0.25) is 0 Å². The molecule has 1 aliphatic rings.